The van der Waals surface area contributed by atoms with Crippen molar-refractivity contribution in [2.24, 2.45) is 5.92 Å². The number of carboxylic acids is 1. The Bertz CT molecular complexity index is 1580. The summed E-state index contributed by atoms with van der Waals surface area (Å²) in [6.07, 6.45) is 3.66. The third kappa shape index (κ3) is 7.73. The van der Waals surface area contributed by atoms with Gasteiger partial charge in [-0.1, -0.05) is 31.5 Å². The fraction of sp³-hybridized carbons (Fsp3) is 0.486. The Morgan fingerprint density at radius 3 is 2.14 bits per heavy atom. The first-order valence-corrected chi connectivity index (χ1v) is 15.8. The van der Waals surface area contributed by atoms with Crippen molar-refractivity contribution in [2.45, 2.75) is 92.5 Å². The first-order valence-electron chi connectivity index (χ1n) is 15.8. The zero-order valence-electron chi connectivity index (χ0n) is 27.3. The number of nitrogens with zero attached hydrogens (tertiary/aromatic N) is 2. The molecule has 0 radical (unpaired) electrons. The number of halogens is 1. The van der Waals surface area contributed by atoms with Crippen molar-refractivity contribution in [3.8, 4) is 11.1 Å². The molecule has 1 unspecified atom stereocenters. The third-order valence-electron chi connectivity index (χ3n) is 9.00. The van der Waals surface area contributed by atoms with Gasteiger partial charge in [0, 0.05) is 31.1 Å². The van der Waals surface area contributed by atoms with Gasteiger partial charge in [0.1, 0.15) is 5.82 Å². The standard InChI is InChI=1S/C37H47FN2O4/c1-22(2)13-32(40-21-28(24(4)17-34(40)42)9-12-39-10-8-11-39)33(41)19-29(20-35(43)44)31-18-30(16-27(7)37(31)38)36-25(5)14-23(3)15-26(36)6/h14-18,21-22,29,32H,8-13,19-20H2,1-7H3,(H,43,44)/t29-,32?/m0/s1. The first kappa shape index (κ1) is 33.3. The molecule has 6 nitrogen and oxygen atoms in total. The molecule has 236 valence electrons. The van der Waals surface area contributed by atoms with Crippen LogP contribution < -0.4 is 5.56 Å². The van der Waals surface area contributed by atoms with Gasteiger partial charge in [0.15, 0.2) is 5.78 Å². The highest BCUT2D eigenvalue weighted by Crippen LogP contribution is 2.37. The van der Waals surface area contributed by atoms with Gasteiger partial charge in [-0.3, -0.25) is 14.4 Å². The Balaban J connectivity index is 1.73. The van der Waals surface area contributed by atoms with Crippen LogP contribution in [-0.4, -0.2) is 46.0 Å². The Kier molecular flexibility index (Phi) is 10.6. The van der Waals surface area contributed by atoms with Crippen LogP contribution in [0.2, 0.25) is 0 Å². The summed E-state index contributed by atoms with van der Waals surface area (Å²) in [6, 6.07) is 8.49. The molecule has 4 rings (SSSR count). The van der Waals surface area contributed by atoms with Crippen molar-refractivity contribution in [1.82, 2.24) is 9.47 Å². The van der Waals surface area contributed by atoms with Crippen LogP contribution in [0.15, 0.2) is 41.3 Å². The van der Waals surface area contributed by atoms with Crippen LogP contribution in [0.1, 0.15) is 90.4 Å². The van der Waals surface area contributed by atoms with Gasteiger partial charge < -0.3 is 14.6 Å². The van der Waals surface area contributed by atoms with E-state index in [9.17, 15) is 19.5 Å². The van der Waals surface area contributed by atoms with Crippen LogP contribution in [0.25, 0.3) is 11.1 Å². The zero-order chi connectivity index (χ0) is 32.3. The molecule has 1 aliphatic heterocycles. The molecule has 1 saturated heterocycles. The lowest BCUT2D eigenvalue weighted by Gasteiger charge is -2.31. The molecule has 0 amide bonds. The Hall–Kier alpha value is -3.58. The minimum atomic E-state index is -1.10. The van der Waals surface area contributed by atoms with Gasteiger partial charge in [0.25, 0.3) is 5.56 Å². The van der Waals surface area contributed by atoms with Crippen LogP contribution in [0, 0.1) is 46.4 Å². The minimum absolute atomic E-state index is 0.106. The van der Waals surface area contributed by atoms with Gasteiger partial charge >= 0.3 is 5.97 Å². The normalized spacial score (nSPS) is 14.8. The topological polar surface area (TPSA) is 79.6 Å². The number of aromatic nitrogens is 1. The molecule has 1 aromatic heterocycles. The molecule has 1 fully saturated rings. The smallest absolute Gasteiger partial charge is 0.303 e. The molecule has 2 aromatic carbocycles. The van der Waals surface area contributed by atoms with E-state index < -0.39 is 30.2 Å². The SMILES string of the molecule is Cc1cc(C)c(-c2cc(C)c(F)c([C@H](CC(=O)O)CC(=O)C(CC(C)C)n3cc(CCN4CCC4)c(C)cc3=O)c2)c(C)c1. The summed E-state index contributed by atoms with van der Waals surface area (Å²) >= 11 is 0. The van der Waals surface area contributed by atoms with Gasteiger partial charge in [-0.2, -0.15) is 0 Å². The number of rotatable bonds is 13. The van der Waals surface area contributed by atoms with Crippen LogP contribution in [0.5, 0.6) is 0 Å². The van der Waals surface area contributed by atoms with Crippen LogP contribution >= 0.6 is 0 Å². The van der Waals surface area contributed by atoms with Crippen molar-refractivity contribution in [2.75, 3.05) is 19.6 Å². The quantitative estimate of drug-likeness (QED) is 0.223. The molecule has 1 N–H and O–H groups in total. The highest BCUT2D eigenvalue weighted by Gasteiger charge is 2.30. The highest BCUT2D eigenvalue weighted by molar-refractivity contribution is 5.84. The number of aryl methyl sites for hydroxylation is 5. The maximum absolute atomic E-state index is 15.8. The van der Waals surface area contributed by atoms with Gasteiger partial charge in [-0.05, 0) is 130 Å². The van der Waals surface area contributed by atoms with E-state index >= 15 is 4.39 Å². The molecule has 0 saturated carbocycles. The fourth-order valence-corrected chi connectivity index (χ4v) is 6.68. The number of ketones is 1. The second kappa shape index (κ2) is 14.0. The van der Waals surface area contributed by atoms with E-state index in [2.05, 4.69) is 17.0 Å². The van der Waals surface area contributed by atoms with Crippen molar-refractivity contribution >= 4 is 11.8 Å². The zero-order valence-corrected chi connectivity index (χ0v) is 27.3. The second-order valence-corrected chi connectivity index (χ2v) is 13.3. The summed E-state index contributed by atoms with van der Waals surface area (Å²) in [5, 5.41) is 9.87. The van der Waals surface area contributed by atoms with Crippen molar-refractivity contribution in [3.05, 3.63) is 91.6 Å². The number of carbonyl (C=O) groups is 2. The number of Topliss-reactive ketones (excluding diaryl/α,β-unsaturated/α-hetero) is 1. The number of aliphatic carboxylic acids is 1. The first-order chi connectivity index (χ1) is 20.7. The Morgan fingerprint density at radius 1 is 0.909 bits per heavy atom. The maximum Gasteiger partial charge on any atom is 0.303 e. The number of carbonyl (C=O) groups excluding carboxylic acids is 1. The number of carboxylic acid groups (broad SMARTS) is 1. The predicted octanol–water partition coefficient (Wildman–Crippen LogP) is 7.25. The van der Waals surface area contributed by atoms with E-state index in [0.717, 1.165) is 65.0 Å². The van der Waals surface area contributed by atoms with E-state index in [-0.39, 0.29) is 29.2 Å². The lowest BCUT2D eigenvalue weighted by molar-refractivity contribution is -0.137. The molecule has 1 aliphatic rings. The largest absolute Gasteiger partial charge is 0.481 e. The summed E-state index contributed by atoms with van der Waals surface area (Å²) in [6.45, 7) is 16.7. The van der Waals surface area contributed by atoms with Gasteiger partial charge in [0.05, 0.1) is 12.5 Å². The van der Waals surface area contributed by atoms with Crippen molar-refractivity contribution < 1.29 is 19.1 Å². The average molecular weight is 603 g/mol. The van der Waals surface area contributed by atoms with E-state index in [0.29, 0.717) is 12.0 Å². The minimum Gasteiger partial charge on any atom is -0.481 e. The monoisotopic (exact) mass is 602 g/mol. The van der Waals surface area contributed by atoms with Gasteiger partial charge in [0.2, 0.25) is 0 Å². The molecule has 7 heteroatoms. The number of hydrogen-bond acceptors (Lipinski definition) is 4. The Morgan fingerprint density at radius 2 is 1.57 bits per heavy atom. The van der Waals surface area contributed by atoms with Crippen LogP contribution in [0.3, 0.4) is 0 Å². The fourth-order valence-electron chi connectivity index (χ4n) is 6.68. The van der Waals surface area contributed by atoms with Gasteiger partial charge in [-0.25, -0.2) is 4.39 Å². The third-order valence-corrected chi connectivity index (χ3v) is 9.00. The average Bonchev–Trinajstić information content (AvgIpc) is 2.88. The molecule has 0 bridgehead atoms. The van der Waals surface area contributed by atoms with Crippen LogP contribution in [0.4, 0.5) is 4.39 Å². The Labute approximate surface area is 260 Å². The molecule has 0 aliphatic carbocycles. The second-order valence-electron chi connectivity index (χ2n) is 13.3. The van der Waals surface area contributed by atoms with E-state index in [1.165, 1.54) is 11.0 Å². The molecule has 3 aromatic rings. The van der Waals surface area contributed by atoms with Crippen LogP contribution in [-0.2, 0) is 16.0 Å². The molecular formula is C37H47FN2O4. The van der Waals surface area contributed by atoms with Gasteiger partial charge in [-0.15, -0.1) is 0 Å². The molecule has 2 heterocycles. The molecule has 0 spiro atoms. The molecular weight excluding hydrogens is 555 g/mol. The summed E-state index contributed by atoms with van der Waals surface area (Å²) in [5.41, 5.74) is 7.32. The van der Waals surface area contributed by atoms with Crippen molar-refractivity contribution in [1.29, 1.82) is 0 Å². The lowest BCUT2D eigenvalue weighted by atomic mass is 9.83. The number of benzene rings is 2. The summed E-state index contributed by atoms with van der Waals surface area (Å²) < 4.78 is 17.4. The summed E-state index contributed by atoms with van der Waals surface area (Å²) in [4.78, 5) is 41.9. The van der Waals surface area contributed by atoms with E-state index in [1.54, 1.807) is 25.1 Å². The number of pyridine rings is 1. The number of likely N-dealkylation sites (tertiary alicyclic amines) is 1. The molecule has 44 heavy (non-hydrogen) atoms. The highest BCUT2D eigenvalue weighted by atomic mass is 19.1. The number of hydrogen-bond donors (Lipinski definition) is 1. The van der Waals surface area contributed by atoms with Crippen molar-refractivity contribution in [3.63, 3.8) is 0 Å². The molecule has 2 atom stereocenters. The summed E-state index contributed by atoms with van der Waals surface area (Å²) in [5.74, 6) is -2.62. The van der Waals surface area contributed by atoms with E-state index in [4.69, 9.17) is 0 Å². The predicted molar refractivity (Wildman–Crippen MR) is 174 cm³/mol. The lowest BCUT2D eigenvalue weighted by Crippen LogP contribution is -2.38. The maximum atomic E-state index is 15.8. The summed E-state index contributed by atoms with van der Waals surface area (Å²) in [7, 11) is 0. The van der Waals surface area contributed by atoms with E-state index in [1.807, 2.05) is 47.7 Å².